The van der Waals surface area contributed by atoms with Gasteiger partial charge in [0.15, 0.2) is 0 Å². The van der Waals surface area contributed by atoms with Gasteiger partial charge >= 0.3 is 6.18 Å². The molecule has 5 heteroatoms. The number of fused-ring (bicyclic) bond motifs is 1. The van der Waals surface area contributed by atoms with Crippen molar-refractivity contribution in [2.75, 3.05) is 5.32 Å². The number of alkyl halides is 3. The summed E-state index contributed by atoms with van der Waals surface area (Å²) in [5.41, 5.74) is 3.47. The van der Waals surface area contributed by atoms with Crippen molar-refractivity contribution in [3.8, 4) is 0 Å². The Balaban J connectivity index is 2.11. The smallest absolute Gasteiger partial charge is 0.326 e. The second-order valence-corrected chi connectivity index (χ2v) is 5.95. The molecule has 0 saturated heterocycles. The quantitative estimate of drug-likeness (QED) is 0.804. The van der Waals surface area contributed by atoms with Gasteiger partial charge in [-0.2, -0.15) is 13.2 Å². The number of anilines is 1. The zero-order chi connectivity index (χ0) is 16.8. The first-order valence-electron chi connectivity index (χ1n) is 7.34. The van der Waals surface area contributed by atoms with Crippen LogP contribution < -0.4 is 5.32 Å². The zero-order valence-electron chi connectivity index (χ0n) is 12.8. The normalized spacial score (nSPS) is 17.6. The highest BCUT2D eigenvalue weighted by Crippen LogP contribution is 2.40. The monoisotopic (exact) mass is 319 g/mol. The Bertz CT molecular complexity index is 780. The Morgan fingerprint density at radius 2 is 1.78 bits per heavy atom. The van der Waals surface area contributed by atoms with E-state index in [-0.39, 0.29) is 18.2 Å². The number of halogens is 3. The highest BCUT2D eigenvalue weighted by atomic mass is 19.4. The number of benzene rings is 2. The van der Waals surface area contributed by atoms with Gasteiger partial charge < -0.3 is 5.32 Å². The van der Waals surface area contributed by atoms with Crippen LogP contribution in [0.15, 0.2) is 36.4 Å². The lowest BCUT2D eigenvalue weighted by Gasteiger charge is -2.27. The number of rotatable bonds is 1. The predicted molar refractivity (Wildman–Crippen MR) is 82.4 cm³/mol. The second-order valence-electron chi connectivity index (χ2n) is 5.95. The van der Waals surface area contributed by atoms with E-state index < -0.39 is 11.7 Å². The van der Waals surface area contributed by atoms with Crippen molar-refractivity contribution in [3.63, 3.8) is 0 Å². The van der Waals surface area contributed by atoms with Gasteiger partial charge in [-0.1, -0.05) is 24.3 Å². The summed E-state index contributed by atoms with van der Waals surface area (Å²) in [6, 6.07) is 9.07. The van der Waals surface area contributed by atoms with E-state index in [4.69, 9.17) is 0 Å². The van der Waals surface area contributed by atoms with Gasteiger partial charge in [0.1, 0.15) is 0 Å². The van der Waals surface area contributed by atoms with E-state index in [9.17, 15) is 18.0 Å². The van der Waals surface area contributed by atoms with E-state index in [1.165, 1.54) is 6.07 Å². The van der Waals surface area contributed by atoms with Crippen LogP contribution in [0.1, 0.15) is 40.2 Å². The van der Waals surface area contributed by atoms with Crippen LogP contribution in [0.5, 0.6) is 0 Å². The molecule has 2 nitrogen and oxygen atoms in total. The van der Waals surface area contributed by atoms with Gasteiger partial charge in [0.2, 0.25) is 5.91 Å². The van der Waals surface area contributed by atoms with Crippen LogP contribution in [0, 0.1) is 13.8 Å². The van der Waals surface area contributed by atoms with Crippen LogP contribution in [0.3, 0.4) is 0 Å². The van der Waals surface area contributed by atoms with Gasteiger partial charge in [0.25, 0.3) is 0 Å². The highest BCUT2D eigenvalue weighted by Gasteiger charge is 2.32. The number of carbonyl (C=O) groups excluding carboxylic acids is 1. The minimum Gasteiger partial charge on any atom is -0.326 e. The molecule has 0 spiro atoms. The third kappa shape index (κ3) is 2.96. The van der Waals surface area contributed by atoms with Crippen LogP contribution in [-0.2, 0) is 11.0 Å². The first-order chi connectivity index (χ1) is 10.8. The molecule has 23 heavy (non-hydrogen) atoms. The van der Waals surface area contributed by atoms with Gasteiger partial charge in [-0.15, -0.1) is 0 Å². The molecule has 2 aromatic carbocycles. The largest absolute Gasteiger partial charge is 0.416 e. The summed E-state index contributed by atoms with van der Waals surface area (Å²) < 4.78 is 38.8. The minimum atomic E-state index is -4.39. The Morgan fingerprint density at radius 3 is 2.48 bits per heavy atom. The van der Waals surface area contributed by atoms with Crippen molar-refractivity contribution in [3.05, 3.63) is 64.2 Å². The Hall–Kier alpha value is -2.30. The summed E-state index contributed by atoms with van der Waals surface area (Å²) in [6.07, 6.45) is -4.24. The molecule has 2 aromatic rings. The van der Waals surface area contributed by atoms with Crippen LogP contribution in [0.2, 0.25) is 0 Å². The topological polar surface area (TPSA) is 29.1 Å². The van der Waals surface area contributed by atoms with Crippen LogP contribution in [-0.4, -0.2) is 5.91 Å². The fourth-order valence-electron chi connectivity index (χ4n) is 2.96. The van der Waals surface area contributed by atoms with Crippen molar-refractivity contribution in [1.82, 2.24) is 0 Å². The molecule has 0 fully saturated rings. The minimum absolute atomic E-state index is 0.150. The van der Waals surface area contributed by atoms with Crippen molar-refractivity contribution in [2.24, 2.45) is 0 Å². The molecule has 1 amide bonds. The average Bonchev–Trinajstić information content (AvgIpc) is 2.47. The molecule has 0 aromatic heterocycles. The fraction of sp³-hybridized carbons (Fsp3) is 0.278. The number of amides is 1. The molecule has 0 aliphatic carbocycles. The number of carbonyl (C=O) groups is 1. The number of hydrogen-bond acceptors (Lipinski definition) is 1. The fourth-order valence-corrected chi connectivity index (χ4v) is 2.96. The molecule has 1 aliphatic rings. The lowest BCUT2D eigenvalue weighted by molar-refractivity contribution is -0.137. The van der Waals surface area contributed by atoms with Gasteiger partial charge in [0.05, 0.1) is 5.56 Å². The zero-order valence-corrected chi connectivity index (χ0v) is 12.8. The molecule has 0 radical (unpaired) electrons. The molecule has 0 unspecified atom stereocenters. The Kier molecular flexibility index (Phi) is 3.66. The van der Waals surface area contributed by atoms with Gasteiger partial charge in [0, 0.05) is 18.0 Å². The predicted octanol–water partition coefficient (Wildman–Crippen LogP) is 4.80. The van der Waals surface area contributed by atoms with E-state index in [1.807, 2.05) is 26.0 Å². The summed E-state index contributed by atoms with van der Waals surface area (Å²) in [5.74, 6) is -0.538. The number of hydrogen-bond donors (Lipinski definition) is 1. The van der Waals surface area contributed by atoms with E-state index in [0.717, 1.165) is 28.8 Å². The molecule has 1 aliphatic heterocycles. The van der Waals surface area contributed by atoms with Crippen molar-refractivity contribution < 1.29 is 18.0 Å². The van der Waals surface area contributed by atoms with Crippen molar-refractivity contribution in [1.29, 1.82) is 0 Å². The van der Waals surface area contributed by atoms with Gasteiger partial charge in [-0.05, 0) is 48.2 Å². The Morgan fingerprint density at radius 1 is 1.09 bits per heavy atom. The number of aryl methyl sites for hydroxylation is 2. The van der Waals surface area contributed by atoms with Gasteiger partial charge in [-0.25, -0.2) is 0 Å². The summed E-state index contributed by atoms with van der Waals surface area (Å²) in [4.78, 5) is 12.0. The van der Waals surface area contributed by atoms with Crippen LogP contribution in [0.4, 0.5) is 18.9 Å². The van der Waals surface area contributed by atoms with E-state index in [2.05, 4.69) is 5.32 Å². The molecular formula is C18H16F3NO. The first-order valence-corrected chi connectivity index (χ1v) is 7.34. The van der Waals surface area contributed by atoms with Crippen LogP contribution >= 0.6 is 0 Å². The molecule has 1 heterocycles. The Labute approximate surface area is 132 Å². The lowest BCUT2D eigenvalue weighted by atomic mass is 9.83. The highest BCUT2D eigenvalue weighted by molar-refractivity contribution is 5.95. The molecule has 0 bridgehead atoms. The molecule has 1 N–H and O–H groups in total. The summed E-state index contributed by atoms with van der Waals surface area (Å²) in [5, 5.41) is 2.81. The van der Waals surface area contributed by atoms with Gasteiger partial charge in [-0.3, -0.25) is 4.79 Å². The molecule has 3 rings (SSSR count). The maximum Gasteiger partial charge on any atom is 0.416 e. The maximum absolute atomic E-state index is 12.9. The van der Waals surface area contributed by atoms with Crippen molar-refractivity contribution in [2.45, 2.75) is 32.4 Å². The lowest BCUT2D eigenvalue weighted by Crippen LogP contribution is -2.24. The first kappa shape index (κ1) is 15.6. The maximum atomic E-state index is 12.9. The molecular weight excluding hydrogens is 303 g/mol. The second kappa shape index (κ2) is 5.41. The number of nitrogens with one attached hydrogen (secondary N) is 1. The standard InChI is InChI=1S/C18H16F3NO/c1-10-6-15-14(9-17(23)22-16(15)7-11(10)2)12-4-3-5-13(8-12)18(19,20)21/h3-8,14H,9H2,1-2H3,(H,22,23)/t14-/m0/s1. The van der Waals surface area contributed by atoms with E-state index >= 15 is 0 Å². The summed E-state index contributed by atoms with van der Waals surface area (Å²) in [7, 11) is 0. The molecule has 120 valence electrons. The molecule has 1 atom stereocenters. The van der Waals surface area contributed by atoms with Crippen LogP contribution in [0.25, 0.3) is 0 Å². The van der Waals surface area contributed by atoms with Crippen molar-refractivity contribution >= 4 is 11.6 Å². The molecule has 0 saturated carbocycles. The van der Waals surface area contributed by atoms with E-state index in [1.54, 1.807) is 6.07 Å². The SMILES string of the molecule is Cc1cc2c(cc1C)[C@H](c1cccc(C(F)(F)F)c1)CC(=O)N2. The summed E-state index contributed by atoms with van der Waals surface area (Å²) >= 11 is 0. The third-order valence-electron chi connectivity index (χ3n) is 4.32. The van der Waals surface area contributed by atoms with E-state index in [0.29, 0.717) is 11.3 Å². The summed E-state index contributed by atoms with van der Waals surface area (Å²) in [6.45, 7) is 3.89. The third-order valence-corrected chi connectivity index (χ3v) is 4.32. The average molecular weight is 319 g/mol.